The lowest BCUT2D eigenvalue weighted by Crippen LogP contribution is -2.51. The molecule has 0 bridgehead atoms. The third-order valence-corrected chi connectivity index (χ3v) is 5.50. The van der Waals surface area contributed by atoms with Crippen LogP contribution in [-0.4, -0.2) is 48.2 Å². The van der Waals surface area contributed by atoms with Gasteiger partial charge in [0, 0.05) is 18.2 Å². The van der Waals surface area contributed by atoms with E-state index in [9.17, 15) is 8.42 Å². The average molecular weight is 308 g/mol. The molecule has 2 heterocycles. The number of aromatic amines is 1. The van der Waals surface area contributed by atoms with Crippen LogP contribution in [0.5, 0.6) is 0 Å². The highest BCUT2D eigenvalue weighted by Crippen LogP contribution is 2.25. The normalized spacial score (nSPS) is 25.6. The summed E-state index contributed by atoms with van der Waals surface area (Å²) in [5.74, 6) is 0.113. The van der Waals surface area contributed by atoms with Gasteiger partial charge in [0.25, 0.3) is 10.0 Å². The molecule has 1 fully saturated rings. The number of H-pyrrole nitrogens is 1. The molecule has 0 radical (unpaired) electrons. The number of sulfonamides is 1. The molecule has 0 amide bonds. The number of nitrogens with one attached hydrogen (secondary N) is 1. The van der Waals surface area contributed by atoms with Crippen LogP contribution < -0.4 is 0 Å². The van der Waals surface area contributed by atoms with Gasteiger partial charge in [-0.3, -0.25) is 5.10 Å². The molecule has 19 heavy (non-hydrogen) atoms. The van der Waals surface area contributed by atoms with E-state index < -0.39 is 10.0 Å². The molecular formula is C11H18ClN3O3S. The number of nitrogens with zero attached hydrogens (tertiary/aromatic N) is 2. The number of hydrogen-bond donors (Lipinski definition) is 1. The molecule has 0 spiro atoms. The standard InChI is InChI=1S/C11H18ClN3O3S/c1-3-10-7-18-8(2)6-15(10)19(16,17)11-9(4-12)5-13-14-11/h5,8,10H,3-4,6-7H2,1-2H3,(H,13,14). The van der Waals surface area contributed by atoms with Gasteiger partial charge in [-0.2, -0.15) is 9.40 Å². The van der Waals surface area contributed by atoms with Crippen LogP contribution in [0, 0.1) is 0 Å². The highest BCUT2D eigenvalue weighted by Gasteiger charge is 2.37. The van der Waals surface area contributed by atoms with E-state index in [4.69, 9.17) is 16.3 Å². The van der Waals surface area contributed by atoms with Crippen LogP contribution in [0.3, 0.4) is 0 Å². The van der Waals surface area contributed by atoms with Gasteiger partial charge < -0.3 is 4.74 Å². The quantitative estimate of drug-likeness (QED) is 0.852. The fourth-order valence-corrected chi connectivity index (χ4v) is 4.31. The van der Waals surface area contributed by atoms with Gasteiger partial charge in [-0.25, -0.2) is 8.42 Å². The van der Waals surface area contributed by atoms with Crippen LogP contribution in [0.2, 0.25) is 0 Å². The molecule has 1 N–H and O–H groups in total. The molecule has 0 saturated carbocycles. The van der Waals surface area contributed by atoms with Gasteiger partial charge in [0.15, 0.2) is 5.03 Å². The van der Waals surface area contributed by atoms with Crippen molar-refractivity contribution in [3.05, 3.63) is 11.8 Å². The molecule has 6 nitrogen and oxygen atoms in total. The van der Waals surface area contributed by atoms with E-state index in [2.05, 4.69) is 10.2 Å². The second-order valence-electron chi connectivity index (χ2n) is 4.64. The zero-order chi connectivity index (χ0) is 14.0. The predicted octanol–water partition coefficient (Wildman–Crippen LogP) is 1.34. The molecule has 1 aliphatic heterocycles. The lowest BCUT2D eigenvalue weighted by molar-refractivity contribution is -0.0231. The molecule has 2 rings (SSSR count). The summed E-state index contributed by atoms with van der Waals surface area (Å²) in [6.45, 7) is 4.58. The fourth-order valence-electron chi connectivity index (χ4n) is 2.16. The van der Waals surface area contributed by atoms with Gasteiger partial charge >= 0.3 is 0 Å². The van der Waals surface area contributed by atoms with Crippen molar-refractivity contribution < 1.29 is 13.2 Å². The molecule has 1 aliphatic rings. The molecule has 0 aliphatic carbocycles. The molecule has 2 atom stereocenters. The Morgan fingerprint density at radius 2 is 2.37 bits per heavy atom. The van der Waals surface area contributed by atoms with Crippen molar-refractivity contribution >= 4 is 21.6 Å². The summed E-state index contributed by atoms with van der Waals surface area (Å²) in [6.07, 6.45) is 2.04. The third kappa shape index (κ3) is 2.79. The lowest BCUT2D eigenvalue weighted by Gasteiger charge is -2.36. The molecule has 2 unspecified atom stereocenters. The number of hydrogen-bond acceptors (Lipinski definition) is 4. The Balaban J connectivity index is 2.37. The van der Waals surface area contributed by atoms with Crippen LogP contribution in [0.15, 0.2) is 11.2 Å². The molecule has 1 saturated heterocycles. The summed E-state index contributed by atoms with van der Waals surface area (Å²) in [7, 11) is -3.60. The topological polar surface area (TPSA) is 75.3 Å². The van der Waals surface area contributed by atoms with Crippen molar-refractivity contribution in [3.63, 3.8) is 0 Å². The SMILES string of the molecule is CCC1COC(C)CN1S(=O)(=O)c1[nH]ncc1CCl. The van der Waals surface area contributed by atoms with E-state index in [0.29, 0.717) is 25.1 Å². The number of rotatable bonds is 4. The van der Waals surface area contributed by atoms with Crippen molar-refractivity contribution in [2.45, 2.75) is 43.3 Å². The first-order chi connectivity index (χ1) is 9.00. The van der Waals surface area contributed by atoms with Crippen molar-refractivity contribution in [2.24, 2.45) is 0 Å². The summed E-state index contributed by atoms with van der Waals surface area (Å²) in [5.41, 5.74) is 0.496. The van der Waals surface area contributed by atoms with Crippen LogP contribution >= 0.6 is 11.6 Å². The van der Waals surface area contributed by atoms with Crippen molar-refractivity contribution in [3.8, 4) is 0 Å². The van der Waals surface area contributed by atoms with Gasteiger partial charge in [0.1, 0.15) is 0 Å². The molecular weight excluding hydrogens is 290 g/mol. The molecule has 8 heteroatoms. The van der Waals surface area contributed by atoms with Crippen molar-refractivity contribution in [1.82, 2.24) is 14.5 Å². The van der Waals surface area contributed by atoms with Crippen LogP contribution in [0.4, 0.5) is 0 Å². The van der Waals surface area contributed by atoms with E-state index in [1.54, 1.807) is 0 Å². The van der Waals surface area contributed by atoms with Gasteiger partial charge in [-0.05, 0) is 13.3 Å². The Morgan fingerprint density at radius 1 is 1.63 bits per heavy atom. The Morgan fingerprint density at radius 3 is 3.00 bits per heavy atom. The van der Waals surface area contributed by atoms with Gasteiger partial charge in [0.05, 0.1) is 24.8 Å². The third-order valence-electron chi connectivity index (χ3n) is 3.28. The molecule has 1 aromatic rings. The average Bonchev–Trinajstić information content (AvgIpc) is 2.87. The molecule has 1 aromatic heterocycles. The lowest BCUT2D eigenvalue weighted by atomic mass is 10.2. The number of aromatic nitrogens is 2. The Labute approximate surface area is 118 Å². The Kier molecular flexibility index (Phi) is 4.50. The first kappa shape index (κ1) is 14.8. The summed E-state index contributed by atoms with van der Waals surface area (Å²) in [4.78, 5) is 0. The Hall–Kier alpha value is -0.630. The van der Waals surface area contributed by atoms with E-state index in [-0.39, 0.29) is 23.1 Å². The zero-order valence-corrected chi connectivity index (χ0v) is 12.5. The summed E-state index contributed by atoms with van der Waals surface area (Å²) in [5, 5.41) is 6.42. The van der Waals surface area contributed by atoms with Crippen LogP contribution in [-0.2, 0) is 20.6 Å². The predicted molar refractivity (Wildman–Crippen MR) is 71.5 cm³/mol. The van der Waals surface area contributed by atoms with E-state index in [1.165, 1.54) is 10.5 Å². The second kappa shape index (κ2) is 5.78. The van der Waals surface area contributed by atoms with Crippen molar-refractivity contribution in [1.29, 1.82) is 0 Å². The van der Waals surface area contributed by atoms with E-state index >= 15 is 0 Å². The van der Waals surface area contributed by atoms with Gasteiger partial charge in [0.2, 0.25) is 0 Å². The molecule has 108 valence electrons. The fraction of sp³-hybridized carbons (Fsp3) is 0.727. The first-order valence-electron chi connectivity index (χ1n) is 6.22. The van der Waals surface area contributed by atoms with E-state index in [1.807, 2.05) is 13.8 Å². The maximum absolute atomic E-state index is 12.7. The summed E-state index contributed by atoms with van der Waals surface area (Å²) in [6, 6.07) is -0.146. The van der Waals surface area contributed by atoms with Crippen molar-refractivity contribution in [2.75, 3.05) is 13.2 Å². The second-order valence-corrected chi connectivity index (χ2v) is 6.73. The minimum Gasteiger partial charge on any atom is -0.375 e. The van der Waals surface area contributed by atoms with Crippen LogP contribution in [0.25, 0.3) is 0 Å². The maximum Gasteiger partial charge on any atom is 0.260 e. The number of alkyl halides is 1. The van der Waals surface area contributed by atoms with E-state index in [0.717, 1.165) is 0 Å². The number of morpholine rings is 1. The summed E-state index contributed by atoms with van der Waals surface area (Å²) < 4.78 is 32.4. The maximum atomic E-state index is 12.7. The van der Waals surface area contributed by atoms with Gasteiger partial charge in [-0.1, -0.05) is 6.92 Å². The Bertz CT molecular complexity index is 531. The number of ether oxygens (including phenoxy) is 1. The highest BCUT2D eigenvalue weighted by atomic mass is 35.5. The zero-order valence-electron chi connectivity index (χ0n) is 11.0. The highest BCUT2D eigenvalue weighted by molar-refractivity contribution is 7.89. The smallest absolute Gasteiger partial charge is 0.260 e. The van der Waals surface area contributed by atoms with Gasteiger partial charge in [-0.15, -0.1) is 11.6 Å². The minimum absolute atomic E-state index is 0.0926. The summed E-state index contributed by atoms with van der Waals surface area (Å²) >= 11 is 5.75. The van der Waals surface area contributed by atoms with Crippen LogP contribution in [0.1, 0.15) is 25.8 Å². The minimum atomic E-state index is -3.60. The first-order valence-corrected chi connectivity index (χ1v) is 8.19. The number of halogens is 1. The monoisotopic (exact) mass is 307 g/mol. The largest absolute Gasteiger partial charge is 0.375 e. The molecule has 0 aromatic carbocycles.